The van der Waals surface area contributed by atoms with Crippen LogP contribution in [0.1, 0.15) is 6.92 Å². The van der Waals surface area contributed by atoms with Crippen LogP contribution in [0.15, 0.2) is 0 Å². The lowest BCUT2D eigenvalue weighted by atomic mass is 10.3. The van der Waals surface area contributed by atoms with E-state index in [2.05, 4.69) is 16.0 Å². The van der Waals surface area contributed by atoms with Crippen LogP contribution in [0, 0.1) is 0 Å². The SMILES string of the molecule is COCC(NC(=O)CNC(C)=O)C(=O)NCC(=O)O. The van der Waals surface area contributed by atoms with E-state index in [1.54, 1.807) is 0 Å². The van der Waals surface area contributed by atoms with Crippen molar-refractivity contribution < 1.29 is 29.0 Å². The summed E-state index contributed by atoms with van der Waals surface area (Å²) in [6.07, 6.45) is 0. The van der Waals surface area contributed by atoms with Gasteiger partial charge in [-0.1, -0.05) is 0 Å². The molecule has 0 aliphatic heterocycles. The Morgan fingerprint density at radius 3 is 2.26 bits per heavy atom. The maximum absolute atomic E-state index is 11.6. The Hall–Kier alpha value is -2.16. The minimum Gasteiger partial charge on any atom is -0.480 e. The van der Waals surface area contributed by atoms with Crippen molar-refractivity contribution in [1.82, 2.24) is 16.0 Å². The summed E-state index contributed by atoms with van der Waals surface area (Å²) in [5, 5.41) is 15.1. The first-order valence-electron chi connectivity index (χ1n) is 5.39. The quantitative estimate of drug-likeness (QED) is 0.385. The van der Waals surface area contributed by atoms with Crippen molar-refractivity contribution in [1.29, 1.82) is 0 Å². The monoisotopic (exact) mass is 275 g/mol. The van der Waals surface area contributed by atoms with Crippen molar-refractivity contribution >= 4 is 23.7 Å². The average Bonchev–Trinajstić information content (AvgIpc) is 2.32. The maximum atomic E-state index is 11.6. The van der Waals surface area contributed by atoms with Gasteiger partial charge in [0.1, 0.15) is 12.6 Å². The number of amides is 3. The molecular weight excluding hydrogens is 258 g/mol. The molecule has 0 fully saturated rings. The average molecular weight is 275 g/mol. The predicted octanol–water partition coefficient (Wildman–Crippen LogP) is -2.55. The summed E-state index contributed by atoms with van der Waals surface area (Å²) in [4.78, 5) is 43.9. The van der Waals surface area contributed by atoms with E-state index in [-0.39, 0.29) is 19.1 Å². The molecular formula is C10H17N3O6. The molecule has 4 N–H and O–H groups in total. The number of hydrogen-bond donors (Lipinski definition) is 4. The third kappa shape index (κ3) is 8.55. The summed E-state index contributed by atoms with van der Waals surface area (Å²) in [6.45, 7) is 0.305. The smallest absolute Gasteiger partial charge is 0.322 e. The molecule has 9 heteroatoms. The fraction of sp³-hybridized carbons (Fsp3) is 0.600. The number of methoxy groups -OCH3 is 1. The maximum Gasteiger partial charge on any atom is 0.322 e. The number of aliphatic carboxylic acids is 1. The van der Waals surface area contributed by atoms with Crippen LogP contribution in [0.25, 0.3) is 0 Å². The van der Waals surface area contributed by atoms with Gasteiger partial charge in [0.15, 0.2) is 0 Å². The molecule has 0 rings (SSSR count). The highest BCUT2D eigenvalue weighted by Gasteiger charge is 2.20. The van der Waals surface area contributed by atoms with Gasteiger partial charge in [0.25, 0.3) is 0 Å². The molecule has 0 bridgehead atoms. The first-order valence-corrected chi connectivity index (χ1v) is 5.39. The Balaban J connectivity index is 4.30. The molecule has 0 radical (unpaired) electrons. The molecule has 0 heterocycles. The molecule has 0 aromatic heterocycles. The third-order valence-corrected chi connectivity index (χ3v) is 1.90. The number of rotatable bonds is 8. The van der Waals surface area contributed by atoms with E-state index in [1.807, 2.05) is 0 Å². The summed E-state index contributed by atoms with van der Waals surface area (Å²) >= 11 is 0. The molecule has 0 aliphatic carbocycles. The Morgan fingerprint density at radius 2 is 1.79 bits per heavy atom. The molecule has 3 amide bonds. The number of carboxylic acids is 1. The van der Waals surface area contributed by atoms with E-state index in [9.17, 15) is 19.2 Å². The first kappa shape index (κ1) is 16.8. The van der Waals surface area contributed by atoms with E-state index in [0.29, 0.717) is 0 Å². The van der Waals surface area contributed by atoms with Gasteiger partial charge in [0.05, 0.1) is 13.2 Å². The Labute approximate surface area is 109 Å². The van der Waals surface area contributed by atoms with Gasteiger partial charge in [0.2, 0.25) is 17.7 Å². The number of carbonyl (C=O) groups excluding carboxylic acids is 3. The molecule has 0 saturated carbocycles. The molecule has 0 saturated heterocycles. The molecule has 0 aliphatic rings. The molecule has 0 spiro atoms. The third-order valence-electron chi connectivity index (χ3n) is 1.90. The Bertz CT molecular complexity index is 357. The second kappa shape index (κ2) is 8.86. The number of ether oxygens (including phenoxy) is 1. The van der Waals surface area contributed by atoms with Crippen LogP contribution in [-0.4, -0.2) is 61.6 Å². The zero-order valence-electron chi connectivity index (χ0n) is 10.7. The lowest BCUT2D eigenvalue weighted by Crippen LogP contribution is -2.52. The van der Waals surface area contributed by atoms with E-state index >= 15 is 0 Å². The van der Waals surface area contributed by atoms with Gasteiger partial charge in [-0.25, -0.2) is 0 Å². The highest BCUT2D eigenvalue weighted by atomic mass is 16.5. The lowest BCUT2D eigenvalue weighted by Gasteiger charge is -2.17. The van der Waals surface area contributed by atoms with Crippen LogP contribution in [0.2, 0.25) is 0 Å². The Morgan fingerprint density at radius 1 is 1.16 bits per heavy atom. The molecule has 108 valence electrons. The van der Waals surface area contributed by atoms with Crippen LogP contribution in [0.3, 0.4) is 0 Å². The van der Waals surface area contributed by atoms with Crippen molar-refractivity contribution in [2.75, 3.05) is 26.8 Å². The highest BCUT2D eigenvalue weighted by Crippen LogP contribution is 1.86. The molecule has 9 nitrogen and oxygen atoms in total. The van der Waals surface area contributed by atoms with E-state index in [0.717, 1.165) is 0 Å². The fourth-order valence-corrected chi connectivity index (χ4v) is 1.09. The second-order valence-electron chi connectivity index (χ2n) is 3.60. The number of nitrogens with one attached hydrogen (secondary N) is 3. The minimum atomic E-state index is -1.20. The normalized spacial score (nSPS) is 11.3. The first-order chi connectivity index (χ1) is 8.86. The lowest BCUT2D eigenvalue weighted by molar-refractivity contribution is -0.138. The highest BCUT2D eigenvalue weighted by molar-refractivity contribution is 5.91. The summed E-state index contributed by atoms with van der Waals surface area (Å²) < 4.78 is 4.75. The van der Waals surface area contributed by atoms with Crippen LogP contribution in [0.5, 0.6) is 0 Å². The van der Waals surface area contributed by atoms with Gasteiger partial charge in [-0.3, -0.25) is 19.2 Å². The summed E-state index contributed by atoms with van der Waals surface area (Å²) in [7, 11) is 1.33. The van der Waals surface area contributed by atoms with Gasteiger partial charge in [-0.2, -0.15) is 0 Å². The Kier molecular flexibility index (Phi) is 7.85. The van der Waals surface area contributed by atoms with Crippen LogP contribution >= 0.6 is 0 Å². The van der Waals surface area contributed by atoms with Crippen molar-refractivity contribution in [3.63, 3.8) is 0 Å². The van der Waals surface area contributed by atoms with Gasteiger partial charge >= 0.3 is 5.97 Å². The predicted molar refractivity (Wildman–Crippen MR) is 63.1 cm³/mol. The zero-order valence-corrected chi connectivity index (χ0v) is 10.7. The number of carboxylic acid groups (broad SMARTS) is 1. The molecule has 19 heavy (non-hydrogen) atoms. The fourth-order valence-electron chi connectivity index (χ4n) is 1.09. The molecule has 1 atom stereocenters. The molecule has 1 unspecified atom stereocenters. The van der Waals surface area contributed by atoms with Crippen molar-refractivity contribution in [3.05, 3.63) is 0 Å². The van der Waals surface area contributed by atoms with E-state index < -0.39 is 30.4 Å². The topological polar surface area (TPSA) is 134 Å². The van der Waals surface area contributed by atoms with Gasteiger partial charge in [0, 0.05) is 14.0 Å². The molecule has 0 aromatic rings. The van der Waals surface area contributed by atoms with E-state index in [4.69, 9.17) is 9.84 Å². The van der Waals surface area contributed by atoms with E-state index in [1.165, 1.54) is 14.0 Å². The standard InChI is InChI=1S/C10H17N3O6/c1-6(14)11-3-8(15)13-7(5-19-2)10(18)12-4-9(16)17/h7H,3-5H2,1-2H3,(H,11,14)(H,12,18)(H,13,15)(H,16,17). The van der Waals surface area contributed by atoms with Crippen molar-refractivity contribution in [2.45, 2.75) is 13.0 Å². The number of carbonyl (C=O) groups is 4. The summed E-state index contributed by atoms with van der Waals surface area (Å²) in [5.41, 5.74) is 0. The minimum absolute atomic E-state index is 0.114. The second-order valence-corrected chi connectivity index (χ2v) is 3.60. The van der Waals surface area contributed by atoms with Crippen LogP contribution < -0.4 is 16.0 Å². The van der Waals surface area contributed by atoms with Crippen LogP contribution in [0.4, 0.5) is 0 Å². The van der Waals surface area contributed by atoms with Gasteiger partial charge < -0.3 is 25.8 Å². The van der Waals surface area contributed by atoms with Crippen LogP contribution in [-0.2, 0) is 23.9 Å². The van der Waals surface area contributed by atoms with Crippen molar-refractivity contribution in [3.8, 4) is 0 Å². The number of hydrogen-bond acceptors (Lipinski definition) is 5. The summed E-state index contributed by atoms with van der Waals surface area (Å²) in [6, 6.07) is -1.02. The summed E-state index contributed by atoms with van der Waals surface area (Å²) in [5.74, 6) is -2.84. The van der Waals surface area contributed by atoms with Crippen molar-refractivity contribution in [2.24, 2.45) is 0 Å². The molecule has 0 aromatic carbocycles. The zero-order chi connectivity index (χ0) is 14.8. The largest absolute Gasteiger partial charge is 0.480 e. The van der Waals surface area contributed by atoms with Gasteiger partial charge in [-0.15, -0.1) is 0 Å². The van der Waals surface area contributed by atoms with Gasteiger partial charge in [-0.05, 0) is 0 Å².